The molecule has 1 aromatic carbocycles. The van der Waals surface area contributed by atoms with E-state index in [1.165, 1.54) is 24.7 Å². The fraction of sp³-hybridized carbons (Fsp3) is 0.0909. The number of aliphatic hydroxyl groups is 1. The van der Waals surface area contributed by atoms with Crippen LogP contribution in [-0.2, 0) is 0 Å². The average molecular weight is 318 g/mol. The molecule has 1 N–H and O–H groups in total. The van der Waals surface area contributed by atoms with Gasteiger partial charge in [-0.3, -0.25) is 0 Å². The van der Waals surface area contributed by atoms with E-state index >= 15 is 0 Å². The molecule has 0 aliphatic heterocycles. The topological polar surface area (TPSA) is 33.4 Å². The van der Waals surface area contributed by atoms with E-state index in [0.717, 1.165) is 0 Å². The highest BCUT2D eigenvalue weighted by atomic mass is 127. The Morgan fingerprint density at radius 3 is 2.73 bits per heavy atom. The van der Waals surface area contributed by atoms with Crippen molar-refractivity contribution in [3.8, 4) is 0 Å². The molecule has 78 valence electrons. The number of aliphatic hydroxyl groups excluding tert-OH is 1. The van der Waals surface area contributed by atoms with Crippen LogP contribution in [0.3, 0.4) is 0 Å². The maximum absolute atomic E-state index is 12.8. The highest BCUT2D eigenvalue weighted by Gasteiger charge is 2.14. The summed E-state index contributed by atoms with van der Waals surface area (Å²) in [6.07, 6.45) is 2.20. The predicted molar refractivity (Wildman–Crippen MR) is 61.9 cm³/mol. The number of furan rings is 1. The van der Waals surface area contributed by atoms with E-state index in [0.29, 0.717) is 14.7 Å². The summed E-state index contributed by atoms with van der Waals surface area (Å²) >= 11 is 2.00. The molecule has 0 fully saturated rings. The second-order valence-electron chi connectivity index (χ2n) is 3.13. The molecule has 0 saturated heterocycles. The van der Waals surface area contributed by atoms with Gasteiger partial charge in [0.15, 0.2) is 0 Å². The summed E-state index contributed by atoms with van der Waals surface area (Å²) in [6.45, 7) is 0. The van der Waals surface area contributed by atoms with Gasteiger partial charge < -0.3 is 9.52 Å². The van der Waals surface area contributed by atoms with Crippen molar-refractivity contribution in [2.24, 2.45) is 0 Å². The third-order valence-electron chi connectivity index (χ3n) is 2.12. The van der Waals surface area contributed by atoms with Crippen molar-refractivity contribution < 1.29 is 13.9 Å². The summed E-state index contributed by atoms with van der Waals surface area (Å²) in [7, 11) is 0. The number of benzene rings is 1. The molecule has 0 spiro atoms. The number of halogens is 2. The lowest BCUT2D eigenvalue weighted by Gasteiger charge is -2.10. The van der Waals surface area contributed by atoms with Gasteiger partial charge in [0, 0.05) is 9.13 Å². The van der Waals surface area contributed by atoms with Gasteiger partial charge in [-0.1, -0.05) is 6.07 Å². The smallest absolute Gasteiger partial charge is 0.124 e. The Morgan fingerprint density at radius 2 is 2.13 bits per heavy atom. The van der Waals surface area contributed by atoms with Gasteiger partial charge in [0.1, 0.15) is 11.9 Å². The van der Waals surface area contributed by atoms with Gasteiger partial charge in [0.25, 0.3) is 0 Å². The highest BCUT2D eigenvalue weighted by Crippen LogP contribution is 2.26. The molecule has 15 heavy (non-hydrogen) atoms. The maximum atomic E-state index is 12.8. The van der Waals surface area contributed by atoms with Crippen LogP contribution in [0.15, 0.2) is 41.2 Å². The van der Waals surface area contributed by atoms with Crippen molar-refractivity contribution in [2.75, 3.05) is 0 Å². The molecule has 0 amide bonds. The van der Waals surface area contributed by atoms with Crippen LogP contribution in [0.4, 0.5) is 4.39 Å². The fourth-order valence-electron chi connectivity index (χ4n) is 1.33. The molecule has 4 heteroatoms. The van der Waals surface area contributed by atoms with Crippen molar-refractivity contribution in [3.05, 3.63) is 57.3 Å². The van der Waals surface area contributed by atoms with Crippen LogP contribution in [0.1, 0.15) is 17.2 Å². The van der Waals surface area contributed by atoms with Crippen LogP contribution < -0.4 is 0 Å². The minimum Gasteiger partial charge on any atom is -0.472 e. The van der Waals surface area contributed by atoms with E-state index in [9.17, 15) is 9.50 Å². The van der Waals surface area contributed by atoms with Crippen LogP contribution in [0.5, 0.6) is 0 Å². The van der Waals surface area contributed by atoms with Crippen molar-refractivity contribution in [1.29, 1.82) is 0 Å². The molecule has 1 unspecified atom stereocenters. The third kappa shape index (κ3) is 2.21. The van der Waals surface area contributed by atoms with Crippen molar-refractivity contribution in [1.82, 2.24) is 0 Å². The molecule has 2 rings (SSSR count). The Kier molecular flexibility index (Phi) is 3.06. The van der Waals surface area contributed by atoms with E-state index in [1.54, 1.807) is 12.1 Å². The minimum atomic E-state index is -0.767. The normalized spacial score (nSPS) is 12.7. The lowest BCUT2D eigenvalue weighted by molar-refractivity contribution is 0.218. The number of hydrogen-bond acceptors (Lipinski definition) is 2. The number of hydrogen-bond donors (Lipinski definition) is 1. The SMILES string of the molecule is OC(c1ccoc1)c1ccc(F)cc1I. The molecule has 1 aromatic heterocycles. The van der Waals surface area contributed by atoms with Gasteiger partial charge in [-0.05, 0) is 46.4 Å². The van der Waals surface area contributed by atoms with Crippen LogP contribution in [0.2, 0.25) is 0 Å². The Bertz CT molecular complexity index is 454. The molecule has 0 saturated carbocycles. The Balaban J connectivity index is 2.38. The van der Waals surface area contributed by atoms with Crippen LogP contribution >= 0.6 is 22.6 Å². The standard InChI is InChI=1S/C11H8FIO2/c12-8-1-2-9(10(13)5-8)11(14)7-3-4-15-6-7/h1-6,11,14H. The molecular weight excluding hydrogens is 310 g/mol. The summed E-state index contributed by atoms with van der Waals surface area (Å²) in [5.41, 5.74) is 1.35. The largest absolute Gasteiger partial charge is 0.472 e. The van der Waals surface area contributed by atoms with Crippen molar-refractivity contribution in [2.45, 2.75) is 6.10 Å². The first-order chi connectivity index (χ1) is 7.18. The summed E-state index contributed by atoms with van der Waals surface area (Å²) in [6, 6.07) is 5.98. The second-order valence-corrected chi connectivity index (χ2v) is 4.29. The molecule has 0 radical (unpaired) electrons. The van der Waals surface area contributed by atoms with Crippen LogP contribution in [0, 0.1) is 9.39 Å². The van der Waals surface area contributed by atoms with Crippen LogP contribution in [-0.4, -0.2) is 5.11 Å². The summed E-state index contributed by atoms with van der Waals surface area (Å²) in [5.74, 6) is -0.303. The van der Waals surface area contributed by atoms with E-state index in [2.05, 4.69) is 0 Å². The average Bonchev–Trinajstić information content (AvgIpc) is 2.69. The number of rotatable bonds is 2. The molecule has 0 aliphatic carbocycles. The van der Waals surface area contributed by atoms with Gasteiger partial charge in [-0.25, -0.2) is 4.39 Å². The van der Waals surface area contributed by atoms with Gasteiger partial charge in [-0.15, -0.1) is 0 Å². The van der Waals surface area contributed by atoms with E-state index in [4.69, 9.17) is 4.42 Å². The lowest BCUT2D eigenvalue weighted by Crippen LogP contribution is -2.00. The molecule has 1 atom stereocenters. The highest BCUT2D eigenvalue weighted by molar-refractivity contribution is 14.1. The summed E-state index contributed by atoms with van der Waals surface area (Å²) < 4.78 is 18.4. The van der Waals surface area contributed by atoms with E-state index in [1.807, 2.05) is 22.6 Å². The monoisotopic (exact) mass is 318 g/mol. The van der Waals surface area contributed by atoms with Crippen molar-refractivity contribution >= 4 is 22.6 Å². The fourth-order valence-corrected chi connectivity index (χ4v) is 2.11. The van der Waals surface area contributed by atoms with Crippen molar-refractivity contribution in [3.63, 3.8) is 0 Å². The second kappa shape index (κ2) is 4.32. The Morgan fingerprint density at radius 1 is 1.33 bits per heavy atom. The molecule has 0 aliphatic rings. The molecule has 0 bridgehead atoms. The van der Waals surface area contributed by atoms with Gasteiger partial charge >= 0.3 is 0 Å². The van der Waals surface area contributed by atoms with Gasteiger partial charge in [0.05, 0.1) is 12.5 Å². The van der Waals surface area contributed by atoms with E-state index in [-0.39, 0.29) is 5.82 Å². The third-order valence-corrected chi connectivity index (χ3v) is 3.05. The zero-order chi connectivity index (χ0) is 10.8. The minimum absolute atomic E-state index is 0.303. The molecule has 2 aromatic rings. The first kappa shape index (κ1) is 10.6. The zero-order valence-electron chi connectivity index (χ0n) is 7.65. The lowest BCUT2D eigenvalue weighted by atomic mass is 10.0. The van der Waals surface area contributed by atoms with Gasteiger partial charge in [0.2, 0.25) is 0 Å². The summed E-state index contributed by atoms with van der Waals surface area (Å²) in [5, 5.41) is 9.97. The Hall–Kier alpha value is -0.880. The molecule has 1 heterocycles. The maximum Gasteiger partial charge on any atom is 0.124 e. The Labute approximate surface area is 99.9 Å². The van der Waals surface area contributed by atoms with E-state index < -0.39 is 6.10 Å². The summed E-state index contributed by atoms with van der Waals surface area (Å²) in [4.78, 5) is 0. The van der Waals surface area contributed by atoms with Gasteiger partial charge in [-0.2, -0.15) is 0 Å². The predicted octanol–water partition coefficient (Wildman–Crippen LogP) is 3.11. The first-order valence-electron chi connectivity index (χ1n) is 4.33. The molecular formula is C11H8FIO2. The quantitative estimate of drug-likeness (QED) is 0.863. The zero-order valence-corrected chi connectivity index (χ0v) is 9.81. The first-order valence-corrected chi connectivity index (χ1v) is 5.41. The molecule has 2 nitrogen and oxygen atoms in total. The van der Waals surface area contributed by atoms with Crippen LogP contribution in [0.25, 0.3) is 0 Å².